The van der Waals surface area contributed by atoms with Crippen LogP contribution in [0.15, 0.2) is 34.1 Å². The summed E-state index contributed by atoms with van der Waals surface area (Å²) in [6.07, 6.45) is 1.63. The van der Waals surface area contributed by atoms with E-state index in [4.69, 9.17) is 0 Å². The van der Waals surface area contributed by atoms with Crippen LogP contribution in [-0.4, -0.2) is 18.1 Å². The van der Waals surface area contributed by atoms with Gasteiger partial charge in [0.05, 0.1) is 9.64 Å². The minimum absolute atomic E-state index is 0. The van der Waals surface area contributed by atoms with Crippen LogP contribution < -0.4 is 5.43 Å². The third kappa shape index (κ3) is 3.18. The van der Waals surface area contributed by atoms with Gasteiger partial charge in [-0.2, -0.15) is 0 Å². The van der Waals surface area contributed by atoms with Crippen molar-refractivity contribution in [3.8, 4) is 0 Å². The molecule has 5 heteroatoms. The standard InChI is InChI=1S/C14H17NO3S.C2H6.H2/c1-9-8-15-12-6-5-10(7-11(12)13(9)16)19(17,18)14(2,3)4;1-2;/h5-8H,1-4H3,(H,15,16);1-2H3;1H. The summed E-state index contributed by atoms with van der Waals surface area (Å²) in [5.41, 5.74) is 1.07. The van der Waals surface area contributed by atoms with Crippen LogP contribution in [0, 0.1) is 6.92 Å². The molecule has 0 atom stereocenters. The Labute approximate surface area is 127 Å². The monoisotopic (exact) mass is 311 g/mol. The van der Waals surface area contributed by atoms with E-state index in [0.717, 1.165) is 0 Å². The van der Waals surface area contributed by atoms with Gasteiger partial charge >= 0.3 is 0 Å². The zero-order valence-electron chi connectivity index (χ0n) is 13.4. The van der Waals surface area contributed by atoms with Crippen molar-refractivity contribution in [3.05, 3.63) is 40.2 Å². The van der Waals surface area contributed by atoms with Crippen LogP contribution in [0.2, 0.25) is 0 Å². The number of H-pyrrole nitrogens is 1. The summed E-state index contributed by atoms with van der Waals surface area (Å²) in [7, 11) is -3.45. The molecule has 0 aliphatic carbocycles. The van der Waals surface area contributed by atoms with Crippen molar-refractivity contribution >= 4 is 20.7 Å². The van der Waals surface area contributed by atoms with Crippen molar-refractivity contribution in [1.29, 1.82) is 0 Å². The van der Waals surface area contributed by atoms with E-state index >= 15 is 0 Å². The average Bonchev–Trinajstić information content (AvgIpc) is 2.43. The number of sulfone groups is 1. The van der Waals surface area contributed by atoms with Crippen molar-refractivity contribution in [2.24, 2.45) is 0 Å². The lowest BCUT2D eigenvalue weighted by Crippen LogP contribution is -2.28. The summed E-state index contributed by atoms with van der Waals surface area (Å²) < 4.78 is 23.9. The van der Waals surface area contributed by atoms with E-state index in [1.54, 1.807) is 40.0 Å². The van der Waals surface area contributed by atoms with Gasteiger partial charge < -0.3 is 4.98 Å². The lowest BCUT2D eigenvalue weighted by atomic mass is 10.1. The molecule has 1 aromatic heterocycles. The second kappa shape index (κ2) is 6.02. The van der Waals surface area contributed by atoms with Gasteiger partial charge in [0.2, 0.25) is 0 Å². The Morgan fingerprint density at radius 1 is 1.14 bits per heavy atom. The van der Waals surface area contributed by atoms with Crippen LogP contribution in [0.4, 0.5) is 0 Å². The molecule has 1 heterocycles. The number of aromatic amines is 1. The van der Waals surface area contributed by atoms with E-state index in [0.29, 0.717) is 16.5 Å². The molecule has 0 bridgehead atoms. The molecule has 118 valence electrons. The minimum Gasteiger partial charge on any atom is -0.361 e. The molecule has 2 aromatic rings. The van der Waals surface area contributed by atoms with Gasteiger partial charge in [-0.3, -0.25) is 4.79 Å². The Morgan fingerprint density at radius 2 is 1.71 bits per heavy atom. The zero-order valence-corrected chi connectivity index (χ0v) is 14.3. The van der Waals surface area contributed by atoms with Crippen LogP contribution in [-0.2, 0) is 9.84 Å². The maximum atomic E-state index is 12.4. The van der Waals surface area contributed by atoms with Gasteiger partial charge in [-0.05, 0) is 45.9 Å². The molecule has 0 saturated carbocycles. The summed E-state index contributed by atoms with van der Waals surface area (Å²) in [4.78, 5) is 15.2. The topological polar surface area (TPSA) is 67.0 Å². The molecule has 21 heavy (non-hydrogen) atoms. The van der Waals surface area contributed by atoms with Crippen molar-refractivity contribution < 1.29 is 9.84 Å². The van der Waals surface area contributed by atoms with Crippen molar-refractivity contribution in [3.63, 3.8) is 0 Å². The van der Waals surface area contributed by atoms with E-state index in [2.05, 4.69) is 4.98 Å². The lowest BCUT2D eigenvalue weighted by molar-refractivity contribution is 0.560. The van der Waals surface area contributed by atoms with E-state index in [1.807, 2.05) is 13.8 Å². The first-order valence-corrected chi connectivity index (χ1v) is 8.49. The third-order valence-electron chi connectivity index (χ3n) is 3.15. The number of nitrogens with one attached hydrogen (secondary N) is 1. The molecule has 0 amide bonds. The Bertz CT molecular complexity index is 802. The van der Waals surface area contributed by atoms with Crippen LogP contribution in [0.3, 0.4) is 0 Å². The lowest BCUT2D eigenvalue weighted by Gasteiger charge is -2.19. The van der Waals surface area contributed by atoms with Crippen LogP contribution in [0.5, 0.6) is 0 Å². The molecule has 0 aliphatic heterocycles. The first-order chi connectivity index (χ1) is 9.64. The summed E-state index contributed by atoms with van der Waals surface area (Å²) >= 11 is 0. The Morgan fingerprint density at radius 3 is 2.24 bits per heavy atom. The number of hydrogen-bond donors (Lipinski definition) is 1. The van der Waals surface area contributed by atoms with Crippen molar-refractivity contribution in [2.45, 2.75) is 51.2 Å². The highest BCUT2D eigenvalue weighted by Gasteiger charge is 2.31. The molecular weight excluding hydrogens is 286 g/mol. The molecule has 0 fully saturated rings. The highest BCUT2D eigenvalue weighted by Crippen LogP contribution is 2.26. The second-order valence-electron chi connectivity index (χ2n) is 5.62. The molecule has 0 spiro atoms. The Balaban J connectivity index is 0.00000141. The first-order valence-electron chi connectivity index (χ1n) is 7.01. The second-order valence-corrected chi connectivity index (χ2v) is 8.33. The highest BCUT2D eigenvalue weighted by molar-refractivity contribution is 7.92. The quantitative estimate of drug-likeness (QED) is 0.873. The molecule has 0 aliphatic rings. The van der Waals surface area contributed by atoms with Gasteiger partial charge in [0.1, 0.15) is 0 Å². The number of benzene rings is 1. The van der Waals surface area contributed by atoms with E-state index in [1.165, 1.54) is 12.1 Å². The van der Waals surface area contributed by atoms with Crippen molar-refractivity contribution in [1.82, 2.24) is 4.98 Å². The molecule has 1 N–H and O–H groups in total. The number of hydrogen-bond acceptors (Lipinski definition) is 3. The maximum Gasteiger partial charge on any atom is 0.192 e. The van der Waals surface area contributed by atoms with Gasteiger partial charge in [-0.15, -0.1) is 0 Å². The van der Waals surface area contributed by atoms with E-state index in [-0.39, 0.29) is 11.8 Å². The highest BCUT2D eigenvalue weighted by atomic mass is 32.2. The van der Waals surface area contributed by atoms with Gasteiger partial charge in [0.15, 0.2) is 15.3 Å². The van der Waals surface area contributed by atoms with Gasteiger partial charge in [0, 0.05) is 24.1 Å². The number of pyridine rings is 1. The van der Waals surface area contributed by atoms with Crippen LogP contribution >= 0.6 is 0 Å². The summed E-state index contributed by atoms with van der Waals surface area (Å²) in [5.74, 6) is 0. The molecular formula is C16H25NO3S. The molecule has 0 radical (unpaired) electrons. The predicted molar refractivity (Wildman–Crippen MR) is 89.7 cm³/mol. The minimum atomic E-state index is -3.45. The van der Waals surface area contributed by atoms with Gasteiger partial charge in [-0.25, -0.2) is 8.42 Å². The van der Waals surface area contributed by atoms with Gasteiger partial charge in [-0.1, -0.05) is 13.8 Å². The maximum absolute atomic E-state index is 12.4. The normalized spacial score (nSPS) is 11.9. The smallest absolute Gasteiger partial charge is 0.192 e. The summed E-state index contributed by atoms with van der Waals surface area (Å²) in [6, 6.07) is 4.63. The molecule has 0 saturated heterocycles. The predicted octanol–water partition coefficient (Wildman–Crippen LogP) is 3.68. The summed E-state index contributed by atoms with van der Waals surface area (Å²) in [5, 5.41) is 0.408. The Hall–Kier alpha value is -1.62. The fourth-order valence-corrected chi connectivity index (χ4v) is 3.05. The largest absolute Gasteiger partial charge is 0.361 e. The number of fused-ring (bicyclic) bond motifs is 1. The molecule has 0 unspecified atom stereocenters. The van der Waals surface area contributed by atoms with Crippen molar-refractivity contribution in [2.75, 3.05) is 0 Å². The van der Waals surface area contributed by atoms with Crippen LogP contribution in [0.1, 0.15) is 41.6 Å². The fraction of sp³-hybridized carbons (Fsp3) is 0.438. The third-order valence-corrected chi connectivity index (χ3v) is 5.64. The Kier molecular flexibility index (Phi) is 4.99. The molecule has 2 rings (SSSR count). The summed E-state index contributed by atoms with van der Waals surface area (Å²) in [6.45, 7) is 10.6. The zero-order chi connectivity index (χ0) is 16.4. The number of aromatic nitrogens is 1. The fourth-order valence-electron chi connectivity index (χ4n) is 1.82. The van der Waals surface area contributed by atoms with Gasteiger partial charge in [0.25, 0.3) is 0 Å². The van der Waals surface area contributed by atoms with E-state index < -0.39 is 14.6 Å². The van der Waals surface area contributed by atoms with Crippen LogP contribution in [0.25, 0.3) is 10.9 Å². The SMILES string of the molecule is CC.Cc1c[nH]c2ccc(S(=O)(=O)C(C)(C)C)cc2c1=O.[HH]. The number of rotatable bonds is 1. The molecule has 4 nitrogen and oxygen atoms in total. The average molecular weight is 311 g/mol. The molecule has 1 aromatic carbocycles. The van der Waals surface area contributed by atoms with E-state index in [9.17, 15) is 13.2 Å². The first kappa shape index (κ1) is 17.4. The number of aryl methyl sites for hydroxylation is 1.